The van der Waals surface area contributed by atoms with E-state index in [-0.39, 0.29) is 11.4 Å². The van der Waals surface area contributed by atoms with Crippen LogP contribution < -0.4 is 5.43 Å². The summed E-state index contributed by atoms with van der Waals surface area (Å²) in [4.78, 5) is 12.6. The number of halogens is 3. The molecule has 0 aliphatic carbocycles. The van der Waals surface area contributed by atoms with Gasteiger partial charge < -0.3 is 0 Å². The van der Waals surface area contributed by atoms with Crippen LogP contribution in [0.4, 0.5) is 4.39 Å². The molecule has 0 aromatic heterocycles. The molecule has 3 rings (SSSR count). The van der Waals surface area contributed by atoms with Crippen molar-refractivity contribution in [2.24, 2.45) is 5.10 Å². The molecule has 0 spiro atoms. The number of hydrogen-bond acceptors (Lipinski definition) is 4. The quantitative estimate of drug-likeness (QED) is 0.351. The van der Waals surface area contributed by atoms with Gasteiger partial charge >= 0.3 is 0 Å². The summed E-state index contributed by atoms with van der Waals surface area (Å²) >= 11 is 11.9. The van der Waals surface area contributed by atoms with E-state index < -0.39 is 28.3 Å². The largest absolute Gasteiger partial charge is 0.272 e. The van der Waals surface area contributed by atoms with Crippen molar-refractivity contribution in [3.05, 3.63) is 99.3 Å². The van der Waals surface area contributed by atoms with E-state index in [1.54, 1.807) is 24.3 Å². The van der Waals surface area contributed by atoms with E-state index in [4.69, 9.17) is 23.2 Å². The minimum atomic E-state index is -4.02. The Morgan fingerprint density at radius 1 is 1.06 bits per heavy atom. The predicted molar refractivity (Wildman–Crippen MR) is 127 cm³/mol. The lowest BCUT2D eigenvalue weighted by Crippen LogP contribution is -2.39. The van der Waals surface area contributed by atoms with Crippen LogP contribution in [-0.4, -0.2) is 31.4 Å². The maximum atomic E-state index is 13.3. The molecule has 10 heteroatoms. The fourth-order valence-corrected chi connectivity index (χ4v) is 4.70. The van der Waals surface area contributed by atoms with Gasteiger partial charge in [-0.2, -0.15) is 9.41 Å². The van der Waals surface area contributed by atoms with Gasteiger partial charge in [-0.25, -0.2) is 18.2 Å². The molecule has 0 saturated heterocycles. The summed E-state index contributed by atoms with van der Waals surface area (Å²) < 4.78 is 40.7. The molecule has 0 atom stereocenters. The number of hydrazone groups is 1. The minimum absolute atomic E-state index is 0.0412. The molecule has 0 radical (unpaired) electrons. The lowest BCUT2D eigenvalue weighted by Gasteiger charge is -2.21. The third-order valence-electron chi connectivity index (χ3n) is 4.61. The van der Waals surface area contributed by atoms with Crippen molar-refractivity contribution >= 4 is 45.3 Å². The minimum Gasteiger partial charge on any atom is -0.272 e. The highest BCUT2D eigenvalue weighted by molar-refractivity contribution is 7.89. The third-order valence-corrected chi connectivity index (χ3v) is 6.97. The van der Waals surface area contributed by atoms with Gasteiger partial charge in [0, 0.05) is 17.1 Å². The summed E-state index contributed by atoms with van der Waals surface area (Å²) in [7, 11) is -4.02. The SMILES string of the molecule is Cc1ccc(S(=O)(=O)N(CC(=O)N/N=C\c2ccc(Cl)cc2Cl)Cc2ccc(F)cc2)cc1. The van der Waals surface area contributed by atoms with Gasteiger partial charge in [0.2, 0.25) is 10.0 Å². The van der Waals surface area contributed by atoms with Crippen LogP contribution in [0.2, 0.25) is 10.0 Å². The molecule has 1 amide bonds. The molecule has 33 heavy (non-hydrogen) atoms. The molecule has 3 aromatic rings. The lowest BCUT2D eigenvalue weighted by molar-refractivity contribution is -0.121. The van der Waals surface area contributed by atoms with Crippen LogP contribution in [0.15, 0.2) is 76.7 Å². The predicted octanol–water partition coefficient (Wildman–Crippen LogP) is 4.78. The lowest BCUT2D eigenvalue weighted by atomic mass is 10.2. The van der Waals surface area contributed by atoms with E-state index in [0.717, 1.165) is 9.87 Å². The number of benzene rings is 3. The Morgan fingerprint density at radius 2 is 1.73 bits per heavy atom. The monoisotopic (exact) mass is 507 g/mol. The molecule has 0 fully saturated rings. The van der Waals surface area contributed by atoms with E-state index in [1.165, 1.54) is 48.7 Å². The van der Waals surface area contributed by atoms with Crippen molar-refractivity contribution in [3.63, 3.8) is 0 Å². The van der Waals surface area contributed by atoms with Crippen molar-refractivity contribution in [2.75, 3.05) is 6.54 Å². The molecule has 0 aliphatic heterocycles. The summed E-state index contributed by atoms with van der Waals surface area (Å²) in [5.41, 5.74) is 4.25. The molecule has 6 nitrogen and oxygen atoms in total. The smallest absolute Gasteiger partial charge is 0.255 e. The first kappa shape index (κ1) is 24.9. The van der Waals surface area contributed by atoms with Crippen molar-refractivity contribution in [1.29, 1.82) is 0 Å². The van der Waals surface area contributed by atoms with E-state index in [0.29, 0.717) is 21.2 Å². The zero-order valence-electron chi connectivity index (χ0n) is 17.5. The topological polar surface area (TPSA) is 78.8 Å². The number of rotatable bonds is 8. The number of amides is 1. The molecule has 172 valence electrons. The maximum Gasteiger partial charge on any atom is 0.255 e. The number of aryl methyl sites for hydroxylation is 1. The fraction of sp³-hybridized carbons (Fsp3) is 0.130. The van der Waals surface area contributed by atoms with E-state index in [9.17, 15) is 17.6 Å². The molecular weight excluding hydrogens is 488 g/mol. The van der Waals surface area contributed by atoms with Crippen molar-refractivity contribution < 1.29 is 17.6 Å². The van der Waals surface area contributed by atoms with Gasteiger partial charge in [0.15, 0.2) is 0 Å². The third kappa shape index (κ3) is 6.85. The molecule has 1 N–H and O–H groups in total. The van der Waals surface area contributed by atoms with Crippen molar-refractivity contribution in [1.82, 2.24) is 9.73 Å². The van der Waals surface area contributed by atoms with E-state index in [2.05, 4.69) is 10.5 Å². The highest BCUT2D eigenvalue weighted by Gasteiger charge is 2.27. The average molecular weight is 508 g/mol. The first-order chi connectivity index (χ1) is 15.6. The maximum absolute atomic E-state index is 13.3. The van der Waals surface area contributed by atoms with Crippen LogP contribution >= 0.6 is 23.2 Å². The standard InChI is InChI=1S/C23H20Cl2FN3O3S/c1-16-2-10-21(11-3-16)33(31,32)29(14-17-4-8-20(26)9-5-17)15-23(30)28-27-13-18-6-7-19(24)12-22(18)25/h2-13H,14-15H2,1H3,(H,28,30)/b27-13-. The number of carbonyl (C=O) groups excluding carboxylic acids is 1. The van der Waals surface area contributed by atoms with Crippen LogP contribution in [0, 0.1) is 12.7 Å². The van der Waals surface area contributed by atoms with Gasteiger partial charge in [-0.15, -0.1) is 0 Å². The summed E-state index contributed by atoms with van der Waals surface area (Å²) in [6.45, 7) is 1.21. The summed E-state index contributed by atoms with van der Waals surface area (Å²) in [6, 6.07) is 16.5. The number of hydrogen-bond donors (Lipinski definition) is 1. The Bertz CT molecular complexity index is 1270. The zero-order chi connectivity index (χ0) is 24.0. The Hall–Kier alpha value is -2.78. The molecule has 3 aromatic carbocycles. The van der Waals surface area contributed by atoms with E-state index >= 15 is 0 Å². The Balaban J connectivity index is 1.79. The molecule has 0 aliphatic rings. The molecule has 0 saturated carbocycles. The summed E-state index contributed by atoms with van der Waals surface area (Å²) in [5, 5.41) is 4.65. The first-order valence-corrected chi connectivity index (χ1v) is 11.9. The Labute approximate surface area is 201 Å². The van der Waals surface area contributed by atoms with Crippen molar-refractivity contribution in [3.8, 4) is 0 Å². The first-order valence-electron chi connectivity index (χ1n) is 9.73. The highest BCUT2D eigenvalue weighted by atomic mass is 35.5. The second-order valence-corrected chi connectivity index (χ2v) is 9.95. The number of carbonyl (C=O) groups is 1. The van der Waals surface area contributed by atoms with Gasteiger partial charge in [-0.05, 0) is 48.9 Å². The van der Waals surface area contributed by atoms with E-state index in [1.807, 2.05) is 6.92 Å². The number of nitrogens with zero attached hydrogens (tertiary/aromatic N) is 2. The van der Waals surface area contributed by atoms with Gasteiger partial charge in [-0.3, -0.25) is 4.79 Å². The second-order valence-electron chi connectivity index (χ2n) is 7.17. The number of nitrogens with one attached hydrogen (secondary N) is 1. The van der Waals surface area contributed by atoms with Crippen LogP contribution in [0.5, 0.6) is 0 Å². The van der Waals surface area contributed by atoms with Crippen LogP contribution in [0.3, 0.4) is 0 Å². The number of sulfonamides is 1. The van der Waals surface area contributed by atoms with Crippen LogP contribution in [0.25, 0.3) is 0 Å². The van der Waals surface area contributed by atoms with Crippen LogP contribution in [-0.2, 0) is 21.4 Å². The van der Waals surface area contributed by atoms with Gasteiger partial charge in [0.05, 0.1) is 22.7 Å². The molecular formula is C23H20Cl2FN3O3S. The zero-order valence-corrected chi connectivity index (χ0v) is 19.8. The molecule has 0 heterocycles. The average Bonchev–Trinajstić information content (AvgIpc) is 2.76. The summed E-state index contributed by atoms with van der Waals surface area (Å²) in [6.07, 6.45) is 1.33. The Kier molecular flexibility index (Phi) is 8.20. The summed E-state index contributed by atoms with van der Waals surface area (Å²) in [5.74, 6) is -1.10. The second kappa shape index (κ2) is 10.9. The molecule has 0 unspecified atom stereocenters. The van der Waals surface area contributed by atoms with Gasteiger partial charge in [0.1, 0.15) is 5.82 Å². The fourth-order valence-electron chi connectivity index (χ4n) is 2.85. The normalized spacial score (nSPS) is 11.8. The van der Waals surface area contributed by atoms with Crippen LogP contribution in [0.1, 0.15) is 16.7 Å². The van der Waals surface area contributed by atoms with Crippen molar-refractivity contribution in [2.45, 2.75) is 18.4 Å². The van der Waals surface area contributed by atoms with Gasteiger partial charge in [-0.1, -0.05) is 59.1 Å². The highest BCUT2D eigenvalue weighted by Crippen LogP contribution is 2.20. The molecule has 0 bridgehead atoms. The van der Waals surface area contributed by atoms with Gasteiger partial charge in [0.25, 0.3) is 5.91 Å². The Morgan fingerprint density at radius 3 is 2.36 bits per heavy atom.